The van der Waals surface area contributed by atoms with Gasteiger partial charge in [0.15, 0.2) is 0 Å². The Morgan fingerprint density at radius 2 is 0.923 bits per heavy atom. The Labute approximate surface area is 160 Å². The molecule has 3 rings (SSSR count). The van der Waals surface area contributed by atoms with Crippen molar-refractivity contribution >= 4 is 31.2 Å². The van der Waals surface area contributed by atoms with E-state index in [1.54, 1.807) is 0 Å². The van der Waals surface area contributed by atoms with E-state index in [9.17, 15) is 0 Å². The molecule has 26 heavy (non-hydrogen) atoms. The van der Waals surface area contributed by atoms with Crippen LogP contribution in [0.2, 0.25) is 25.7 Å². The van der Waals surface area contributed by atoms with Crippen molar-refractivity contribution in [3.8, 4) is 0 Å². The fourth-order valence-electron chi connectivity index (χ4n) is 3.73. The molecule has 0 unspecified atom stereocenters. The molecule has 0 radical (unpaired) electrons. The second-order valence-electron chi connectivity index (χ2n) is 8.20. The fourth-order valence-corrected chi connectivity index (χ4v) is 9.61. The first-order chi connectivity index (χ1) is 12.5. The SMILES string of the molecule is C[Si](C)(C)CCC[P+](c1ccccc1)(c1ccccc1)c1ccccc1. The van der Waals surface area contributed by atoms with E-state index in [4.69, 9.17) is 0 Å². The summed E-state index contributed by atoms with van der Waals surface area (Å²) in [5.74, 6) is 0. The average Bonchev–Trinajstić information content (AvgIpc) is 2.67. The van der Waals surface area contributed by atoms with Gasteiger partial charge in [-0.1, -0.05) is 80.3 Å². The predicted molar refractivity (Wildman–Crippen MR) is 123 cm³/mol. The van der Waals surface area contributed by atoms with Gasteiger partial charge in [-0.15, -0.1) is 0 Å². The van der Waals surface area contributed by atoms with Gasteiger partial charge in [0.25, 0.3) is 0 Å². The van der Waals surface area contributed by atoms with Crippen molar-refractivity contribution in [1.82, 2.24) is 0 Å². The molecule has 3 aromatic carbocycles. The zero-order chi connectivity index (χ0) is 18.5. The highest BCUT2D eigenvalue weighted by molar-refractivity contribution is 7.95. The van der Waals surface area contributed by atoms with Crippen molar-refractivity contribution < 1.29 is 0 Å². The number of hydrogen-bond acceptors (Lipinski definition) is 0. The molecule has 0 N–H and O–H groups in total. The smallest absolute Gasteiger partial charge is 0.0695 e. The second-order valence-corrected chi connectivity index (χ2v) is 17.4. The van der Waals surface area contributed by atoms with E-state index >= 15 is 0 Å². The summed E-state index contributed by atoms with van der Waals surface area (Å²) in [7, 11) is -2.66. The molecule has 0 heterocycles. The standard InChI is InChI=1S/C24H30PSi/c1-26(2,3)21-13-20-25(22-14-7-4-8-15-22,23-16-9-5-10-17-23)24-18-11-6-12-19-24/h4-12,14-19H,13,20-21H2,1-3H3/q+1. The van der Waals surface area contributed by atoms with Crippen molar-refractivity contribution in [2.45, 2.75) is 32.1 Å². The van der Waals surface area contributed by atoms with Gasteiger partial charge in [0.2, 0.25) is 0 Å². The Kier molecular flexibility index (Phi) is 6.11. The van der Waals surface area contributed by atoms with Gasteiger partial charge in [-0.2, -0.15) is 0 Å². The topological polar surface area (TPSA) is 0 Å². The Morgan fingerprint density at radius 3 is 1.23 bits per heavy atom. The Morgan fingerprint density at radius 1 is 0.577 bits per heavy atom. The zero-order valence-electron chi connectivity index (χ0n) is 16.2. The molecule has 2 heteroatoms. The summed E-state index contributed by atoms with van der Waals surface area (Å²) in [6.07, 6.45) is 2.57. The maximum Gasteiger partial charge on any atom is 0.112 e. The molecule has 0 aliphatic heterocycles. The lowest BCUT2D eigenvalue weighted by atomic mass is 10.4. The minimum Gasteiger partial charge on any atom is -0.0695 e. The maximum absolute atomic E-state index is 2.49. The molecule has 134 valence electrons. The van der Waals surface area contributed by atoms with Crippen LogP contribution in [0.15, 0.2) is 91.0 Å². The van der Waals surface area contributed by atoms with Gasteiger partial charge >= 0.3 is 0 Å². The van der Waals surface area contributed by atoms with Gasteiger partial charge in [-0.05, 0) is 42.8 Å². The molecule has 0 saturated heterocycles. The first kappa shape index (κ1) is 19.1. The van der Waals surface area contributed by atoms with Gasteiger partial charge in [-0.25, -0.2) is 0 Å². The molecule has 0 saturated carbocycles. The van der Waals surface area contributed by atoms with Gasteiger partial charge in [0.05, 0.1) is 6.16 Å². The highest BCUT2D eigenvalue weighted by Gasteiger charge is 2.44. The maximum atomic E-state index is 2.49. The minimum absolute atomic E-state index is 1.04. The lowest BCUT2D eigenvalue weighted by Crippen LogP contribution is -2.34. The van der Waals surface area contributed by atoms with Crippen LogP contribution in [0.25, 0.3) is 0 Å². The lowest BCUT2D eigenvalue weighted by Gasteiger charge is -2.28. The summed E-state index contributed by atoms with van der Waals surface area (Å²) in [5.41, 5.74) is 0. The van der Waals surface area contributed by atoms with Crippen LogP contribution in [0.3, 0.4) is 0 Å². The second kappa shape index (κ2) is 8.33. The van der Waals surface area contributed by atoms with Crippen LogP contribution in [-0.2, 0) is 0 Å². The summed E-state index contributed by atoms with van der Waals surface area (Å²) >= 11 is 0. The van der Waals surface area contributed by atoms with Crippen molar-refractivity contribution in [1.29, 1.82) is 0 Å². The first-order valence-electron chi connectivity index (χ1n) is 9.57. The molecule has 0 spiro atoms. The Bertz CT molecular complexity index is 695. The monoisotopic (exact) mass is 377 g/mol. The first-order valence-corrected chi connectivity index (χ1v) is 15.3. The summed E-state index contributed by atoms with van der Waals surface area (Å²) < 4.78 is 0. The van der Waals surface area contributed by atoms with Crippen LogP contribution in [-0.4, -0.2) is 14.2 Å². The Balaban J connectivity index is 2.15. The molecule has 0 aliphatic rings. The summed E-state index contributed by atoms with van der Waals surface area (Å²) in [6.45, 7) is 7.46. The van der Waals surface area contributed by atoms with Gasteiger partial charge in [-0.3, -0.25) is 0 Å². The fraction of sp³-hybridized carbons (Fsp3) is 0.250. The Hall–Kier alpha value is -1.69. The van der Waals surface area contributed by atoms with Crippen LogP contribution < -0.4 is 15.9 Å². The van der Waals surface area contributed by atoms with E-state index in [0.29, 0.717) is 0 Å². The molecule has 0 nitrogen and oxygen atoms in total. The number of rotatable bonds is 7. The number of benzene rings is 3. The predicted octanol–water partition coefficient (Wildman–Crippen LogP) is 5.71. The van der Waals surface area contributed by atoms with Gasteiger partial charge < -0.3 is 0 Å². The molecule has 0 amide bonds. The zero-order valence-corrected chi connectivity index (χ0v) is 18.1. The van der Waals surface area contributed by atoms with Crippen LogP contribution >= 0.6 is 7.26 Å². The average molecular weight is 378 g/mol. The molecule has 0 aliphatic carbocycles. The van der Waals surface area contributed by atoms with Crippen molar-refractivity contribution in [2.75, 3.05) is 6.16 Å². The number of hydrogen-bond donors (Lipinski definition) is 0. The van der Waals surface area contributed by atoms with Crippen molar-refractivity contribution in [3.63, 3.8) is 0 Å². The third kappa shape index (κ3) is 4.34. The normalized spacial score (nSPS) is 12.1. The largest absolute Gasteiger partial charge is 0.112 e. The summed E-state index contributed by atoms with van der Waals surface area (Å²) in [6, 6.07) is 35.1. The van der Waals surface area contributed by atoms with Crippen LogP contribution in [0.1, 0.15) is 6.42 Å². The van der Waals surface area contributed by atoms with E-state index in [2.05, 4.69) is 111 Å². The van der Waals surface area contributed by atoms with E-state index in [1.165, 1.54) is 34.5 Å². The highest BCUT2D eigenvalue weighted by Crippen LogP contribution is 2.56. The summed E-state index contributed by atoms with van der Waals surface area (Å²) in [5, 5.41) is 4.52. The lowest BCUT2D eigenvalue weighted by molar-refractivity contribution is 1.05. The quantitative estimate of drug-likeness (QED) is 0.365. The van der Waals surface area contributed by atoms with E-state index < -0.39 is 15.3 Å². The van der Waals surface area contributed by atoms with E-state index in [1.807, 2.05) is 0 Å². The molecule has 3 aromatic rings. The van der Waals surface area contributed by atoms with Crippen molar-refractivity contribution in [2.24, 2.45) is 0 Å². The third-order valence-electron chi connectivity index (χ3n) is 5.01. The molecule has 0 atom stereocenters. The minimum atomic E-state index is -1.62. The third-order valence-corrected chi connectivity index (χ3v) is 11.4. The van der Waals surface area contributed by atoms with Crippen LogP contribution in [0.5, 0.6) is 0 Å². The molecule has 0 bridgehead atoms. The van der Waals surface area contributed by atoms with Crippen molar-refractivity contribution in [3.05, 3.63) is 91.0 Å². The van der Waals surface area contributed by atoms with Gasteiger partial charge in [0.1, 0.15) is 23.2 Å². The molecule has 0 aromatic heterocycles. The molecular weight excluding hydrogens is 347 g/mol. The van der Waals surface area contributed by atoms with E-state index in [0.717, 1.165) is 0 Å². The van der Waals surface area contributed by atoms with Gasteiger partial charge in [0, 0.05) is 8.07 Å². The highest BCUT2D eigenvalue weighted by atomic mass is 31.2. The summed E-state index contributed by atoms with van der Waals surface area (Å²) in [4.78, 5) is 0. The van der Waals surface area contributed by atoms with E-state index in [-0.39, 0.29) is 0 Å². The molecular formula is C24H30PSi+. The van der Waals surface area contributed by atoms with Crippen LogP contribution in [0.4, 0.5) is 0 Å². The van der Waals surface area contributed by atoms with Crippen LogP contribution in [0, 0.1) is 0 Å². The molecule has 0 fully saturated rings.